The Balaban J connectivity index is 1.63. The lowest BCUT2D eigenvalue weighted by Crippen LogP contribution is -2.52. The average Bonchev–Trinajstić information content (AvgIpc) is 3.17. The minimum absolute atomic E-state index is 0.588. The zero-order valence-corrected chi connectivity index (χ0v) is 18.1. The van der Waals surface area contributed by atoms with Crippen LogP contribution in [0.1, 0.15) is 26.6 Å². The molecular weight excluding hydrogens is 364 g/mol. The molecule has 0 spiro atoms. The third kappa shape index (κ3) is 5.65. The number of aromatic nitrogens is 2. The van der Waals surface area contributed by atoms with Crippen molar-refractivity contribution < 1.29 is 4.74 Å². The highest BCUT2D eigenvalue weighted by Gasteiger charge is 2.20. The van der Waals surface area contributed by atoms with Crippen LogP contribution in [0.5, 0.6) is 5.75 Å². The predicted molar refractivity (Wildman–Crippen MR) is 119 cm³/mol. The van der Waals surface area contributed by atoms with Crippen LogP contribution in [0.3, 0.4) is 0 Å². The van der Waals surface area contributed by atoms with Gasteiger partial charge in [-0.3, -0.25) is 0 Å². The molecule has 7 heteroatoms. The van der Waals surface area contributed by atoms with Gasteiger partial charge in [-0.25, -0.2) is 9.98 Å². The highest BCUT2D eigenvalue weighted by molar-refractivity contribution is 5.80. The highest BCUT2D eigenvalue weighted by atomic mass is 16.5. The zero-order valence-electron chi connectivity index (χ0n) is 18.1. The Labute approximate surface area is 174 Å². The SMILES string of the molecule is CCNC(=NCc1nccn1CC(C)C)N1CCN(c2cccc(OC)c2)CC1. The summed E-state index contributed by atoms with van der Waals surface area (Å²) in [4.78, 5) is 14.1. The Morgan fingerprint density at radius 1 is 1.24 bits per heavy atom. The number of hydrogen-bond acceptors (Lipinski definition) is 4. The van der Waals surface area contributed by atoms with E-state index in [2.05, 4.69) is 57.6 Å². The molecule has 0 aliphatic carbocycles. The Kier molecular flexibility index (Phi) is 7.38. The lowest BCUT2D eigenvalue weighted by molar-refractivity contribution is 0.371. The second-order valence-corrected chi connectivity index (χ2v) is 7.74. The maximum Gasteiger partial charge on any atom is 0.194 e. The number of nitrogens with zero attached hydrogens (tertiary/aromatic N) is 5. The first-order chi connectivity index (χ1) is 14.1. The minimum Gasteiger partial charge on any atom is -0.497 e. The van der Waals surface area contributed by atoms with Crippen molar-refractivity contribution in [2.75, 3.05) is 44.7 Å². The molecule has 1 saturated heterocycles. The Morgan fingerprint density at radius 2 is 2.03 bits per heavy atom. The molecule has 0 saturated carbocycles. The van der Waals surface area contributed by atoms with Gasteiger partial charge in [0.1, 0.15) is 18.1 Å². The smallest absolute Gasteiger partial charge is 0.194 e. The van der Waals surface area contributed by atoms with Gasteiger partial charge in [-0.15, -0.1) is 0 Å². The van der Waals surface area contributed by atoms with Crippen LogP contribution >= 0.6 is 0 Å². The quantitative estimate of drug-likeness (QED) is 0.574. The molecule has 1 aromatic heterocycles. The summed E-state index contributed by atoms with van der Waals surface area (Å²) in [6.07, 6.45) is 3.91. The molecule has 2 aromatic rings. The van der Waals surface area contributed by atoms with Crippen molar-refractivity contribution in [1.29, 1.82) is 0 Å². The number of hydrogen-bond donors (Lipinski definition) is 1. The Morgan fingerprint density at radius 3 is 2.72 bits per heavy atom. The molecule has 0 bridgehead atoms. The van der Waals surface area contributed by atoms with Crippen molar-refractivity contribution >= 4 is 11.6 Å². The van der Waals surface area contributed by atoms with Gasteiger partial charge in [-0.1, -0.05) is 19.9 Å². The molecule has 1 aromatic carbocycles. The fraction of sp³-hybridized carbons (Fsp3) is 0.545. The summed E-state index contributed by atoms with van der Waals surface area (Å²) in [6, 6.07) is 8.28. The maximum atomic E-state index is 5.36. The van der Waals surface area contributed by atoms with Crippen LogP contribution in [-0.4, -0.2) is 60.2 Å². The van der Waals surface area contributed by atoms with Crippen LogP contribution in [0.4, 0.5) is 5.69 Å². The first-order valence-corrected chi connectivity index (χ1v) is 10.5. The minimum atomic E-state index is 0.588. The van der Waals surface area contributed by atoms with Gasteiger partial charge in [0.25, 0.3) is 0 Å². The number of imidazole rings is 1. The number of ether oxygens (including phenoxy) is 1. The first-order valence-electron chi connectivity index (χ1n) is 10.5. The Hall–Kier alpha value is -2.70. The summed E-state index contributed by atoms with van der Waals surface area (Å²) in [7, 11) is 1.71. The van der Waals surface area contributed by atoms with E-state index >= 15 is 0 Å². The number of nitrogens with one attached hydrogen (secondary N) is 1. The standard InChI is InChI=1S/C22H34N6O/c1-5-23-22(25-16-21-24-9-10-28(21)17-18(2)3)27-13-11-26(12-14-27)19-7-6-8-20(15-19)29-4/h6-10,15,18H,5,11-14,16-17H2,1-4H3,(H,23,25). The van der Waals surface area contributed by atoms with Gasteiger partial charge < -0.3 is 24.4 Å². The van der Waals surface area contributed by atoms with Crippen molar-refractivity contribution in [3.63, 3.8) is 0 Å². The molecule has 158 valence electrons. The molecule has 1 fully saturated rings. The van der Waals surface area contributed by atoms with Gasteiger partial charge in [0.05, 0.1) is 7.11 Å². The van der Waals surface area contributed by atoms with E-state index in [1.54, 1.807) is 7.11 Å². The van der Waals surface area contributed by atoms with E-state index in [1.807, 2.05) is 24.5 Å². The van der Waals surface area contributed by atoms with Crippen LogP contribution in [0.15, 0.2) is 41.7 Å². The summed E-state index contributed by atoms with van der Waals surface area (Å²) in [6.45, 7) is 12.8. The number of aliphatic imine (C=N–C) groups is 1. The van der Waals surface area contributed by atoms with Gasteiger partial charge in [-0.2, -0.15) is 0 Å². The summed E-state index contributed by atoms with van der Waals surface area (Å²) in [5.74, 6) is 3.47. The molecule has 1 aliphatic rings. The maximum absolute atomic E-state index is 5.36. The molecule has 0 amide bonds. The summed E-state index contributed by atoms with van der Waals surface area (Å²) in [5.41, 5.74) is 1.21. The van der Waals surface area contributed by atoms with E-state index in [9.17, 15) is 0 Å². The van der Waals surface area contributed by atoms with Crippen LogP contribution < -0.4 is 15.0 Å². The number of piperazine rings is 1. The predicted octanol–water partition coefficient (Wildman–Crippen LogP) is 2.84. The second-order valence-electron chi connectivity index (χ2n) is 7.74. The van der Waals surface area contributed by atoms with Crippen molar-refractivity contribution in [1.82, 2.24) is 19.8 Å². The van der Waals surface area contributed by atoms with Gasteiger partial charge in [0, 0.05) is 63.4 Å². The average molecular weight is 399 g/mol. The van der Waals surface area contributed by atoms with E-state index in [-0.39, 0.29) is 0 Å². The molecular formula is C22H34N6O. The van der Waals surface area contributed by atoms with Crippen LogP contribution in [0, 0.1) is 5.92 Å². The van der Waals surface area contributed by atoms with Crippen LogP contribution in [0.2, 0.25) is 0 Å². The van der Waals surface area contributed by atoms with E-state index in [0.29, 0.717) is 12.5 Å². The lowest BCUT2D eigenvalue weighted by atomic mass is 10.2. The molecule has 0 unspecified atom stereocenters. The van der Waals surface area contributed by atoms with Crippen molar-refractivity contribution in [2.24, 2.45) is 10.9 Å². The number of methoxy groups -OCH3 is 1. The molecule has 2 heterocycles. The summed E-state index contributed by atoms with van der Waals surface area (Å²) >= 11 is 0. The van der Waals surface area contributed by atoms with Crippen LogP contribution in [-0.2, 0) is 13.1 Å². The third-order valence-corrected chi connectivity index (χ3v) is 5.07. The monoisotopic (exact) mass is 398 g/mol. The Bertz CT molecular complexity index is 792. The fourth-order valence-electron chi connectivity index (χ4n) is 3.61. The van der Waals surface area contributed by atoms with E-state index < -0.39 is 0 Å². The van der Waals surface area contributed by atoms with Gasteiger partial charge in [-0.05, 0) is 25.0 Å². The summed E-state index contributed by atoms with van der Waals surface area (Å²) in [5, 5.41) is 3.45. The molecule has 7 nitrogen and oxygen atoms in total. The van der Waals surface area contributed by atoms with Gasteiger partial charge in [0.2, 0.25) is 0 Å². The third-order valence-electron chi connectivity index (χ3n) is 5.07. The summed E-state index contributed by atoms with van der Waals surface area (Å²) < 4.78 is 7.57. The molecule has 0 radical (unpaired) electrons. The van der Waals surface area contributed by atoms with E-state index in [4.69, 9.17) is 9.73 Å². The topological polar surface area (TPSA) is 57.9 Å². The normalized spacial score (nSPS) is 15.1. The molecule has 0 atom stereocenters. The lowest BCUT2D eigenvalue weighted by Gasteiger charge is -2.37. The molecule has 1 N–H and O–H groups in total. The second kappa shape index (κ2) is 10.2. The van der Waals surface area contributed by atoms with Gasteiger partial charge >= 0.3 is 0 Å². The highest BCUT2D eigenvalue weighted by Crippen LogP contribution is 2.22. The van der Waals surface area contributed by atoms with Crippen molar-refractivity contribution in [3.05, 3.63) is 42.5 Å². The number of benzene rings is 1. The number of guanidine groups is 1. The van der Waals surface area contributed by atoms with Crippen molar-refractivity contribution in [2.45, 2.75) is 33.9 Å². The largest absolute Gasteiger partial charge is 0.497 e. The number of rotatable bonds is 7. The first kappa shape index (κ1) is 21.0. The molecule has 3 rings (SSSR count). The number of anilines is 1. The zero-order chi connectivity index (χ0) is 20.6. The van der Waals surface area contributed by atoms with Crippen molar-refractivity contribution in [3.8, 4) is 5.75 Å². The van der Waals surface area contributed by atoms with Gasteiger partial charge in [0.15, 0.2) is 5.96 Å². The fourth-order valence-corrected chi connectivity index (χ4v) is 3.61. The molecule has 1 aliphatic heterocycles. The molecule has 29 heavy (non-hydrogen) atoms. The van der Waals surface area contributed by atoms with E-state index in [1.165, 1.54) is 5.69 Å². The van der Waals surface area contributed by atoms with E-state index in [0.717, 1.165) is 56.8 Å². The van der Waals surface area contributed by atoms with Crippen LogP contribution in [0.25, 0.3) is 0 Å².